The van der Waals surface area contributed by atoms with Gasteiger partial charge in [-0.25, -0.2) is 14.4 Å². The molecule has 1 aliphatic heterocycles. The Morgan fingerprint density at radius 3 is 2.74 bits per heavy atom. The maximum absolute atomic E-state index is 13.8. The number of hydrogen-bond acceptors (Lipinski definition) is 5. The van der Waals surface area contributed by atoms with Crippen molar-refractivity contribution in [3.63, 3.8) is 0 Å². The lowest BCUT2D eigenvalue weighted by Gasteiger charge is -2.30. The van der Waals surface area contributed by atoms with E-state index in [-0.39, 0.29) is 11.6 Å². The quantitative estimate of drug-likeness (QED) is 0.694. The number of aromatic nitrogens is 3. The molecule has 0 radical (unpaired) electrons. The Morgan fingerprint density at radius 2 is 1.93 bits per heavy atom. The van der Waals surface area contributed by atoms with Gasteiger partial charge in [0, 0.05) is 36.5 Å². The van der Waals surface area contributed by atoms with Crippen LogP contribution in [0.4, 0.5) is 10.2 Å². The van der Waals surface area contributed by atoms with Crippen LogP contribution < -0.4 is 9.64 Å². The van der Waals surface area contributed by atoms with Crippen LogP contribution in [0.25, 0.3) is 0 Å². The number of hydrogen-bond donors (Lipinski definition) is 0. The van der Waals surface area contributed by atoms with E-state index in [1.54, 1.807) is 24.4 Å². The van der Waals surface area contributed by atoms with Gasteiger partial charge in [0.05, 0.1) is 6.20 Å². The zero-order valence-corrected chi connectivity index (χ0v) is 15.7. The number of benzene rings is 1. The fourth-order valence-corrected chi connectivity index (χ4v) is 3.35. The Hall–Kier alpha value is -3.02. The third-order valence-electron chi connectivity index (χ3n) is 4.85. The van der Waals surface area contributed by atoms with Gasteiger partial charge in [-0.05, 0) is 44.5 Å². The van der Waals surface area contributed by atoms with E-state index in [9.17, 15) is 4.39 Å². The van der Waals surface area contributed by atoms with Gasteiger partial charge >= 0.3 is 0 Å². The highest BCUT2D eigenvalue weighted by Gasteiger charge is 2.22. The summed E-state index contributed by atoms with van der Waals surface area (Å²) in [6.45, 7) is 7.51. The van der Waals surface area contributed by atoms with Crippen molar-refractivity contribution < 1.29 is 9.13 Å². The van der Waals surface area contributed by atoms with Crippen LogP contribution in [0, 0.1) is 26.6 Å². The summed E-state index contributed by atoms with van der Waals surface area (Å²) in [5, 5.41) is 0. The number of halogens is 1. The van der Waals surface area contributed by atoms with Crippen molar-refractivity contribution in [2.75, 3.05) is 11.4 Å². The monoisotopic (exact) mass is 364 g/mol. The Kier molecular flexibility index (Phi) is 4.48. The average Bonchev–Trinajstić information content (AvgIpc) is 2.66. The maximum Gasteiger partial charge on any atom is 0.165 e. The molecular weight excluding hydrogens is 343 g/mol. The van der Waals surface area contributed by atoms with Crippen molar-refractivity contribution in [3.8, 4) is 11.5 Å². The summed E-state index contributed by atoms with van der Waals surface area (Å²) in [4.78, 5) is 15.8. The van der Waals surface area contributed by atoms with E-state index in [4.69, 9.17) is 4.74 Å². The largest absolute Gasteiger partial charge is 0.453 e. The average molecular weight is 364 g/mol. The first-order valence-electron chi connectivity index (χ1n) is 8.98. The maximum atomic E-state index is 13.8. The normalized spacial score (nSPS) is 13.4. The molecule has 0 saturated heterocycles. The molecule has 0 atom stereocenters. The minimum absolute atomic E-state index is 0.199. The predicted molar refractivity (Wildman–Crippen MR) is 102 cm³/mol. The molecule has 138 valence electrons. The molecule has 0 N–H and O–H groups in total. The third-order valence-corrected chi connectivity index (χ3v) is 4.85. The number of pyridine rings is 1. The summed E-state index contributed by atoms with van der Waals surface area (Å²) in [6, 6.07) is 8.31. The molecular formula is C21H21FN4O. The second-order valence-corrected chi connectivity index (χ2v) is 6.79. The summed E-state index contributed by atoms with van der Waals surface area (Å²) < 4.78 is 19.5. The van der Waals surface area contributed by atoms with Crippen LogP contribution >= 0.6 is 0 Å². The van der Waals surface area contributed by atoms with Gasteiger partial charge in [-0.1, -0.05) is 12.1 Å². The summed E-state index contributed by atoms with van der Waals surface area (Å²) in [7, 11) is 0. The smallest absolute Gasteiger partial charge is 0.165 e. The van der Waals surface area contributed by atoms with Gasteiger partial charge in [-0.3, -0.25) is 4.98 Å². The van der Waals surface area contributed by atoms with E-state index in [0.717, 1.165) is 47.1 Å². The Balaban J connectivity index is 1.62. The first-order valence-corrected chi connectivity index (χ1v) is 8.98. The van der Waals surface area contributed by atoms with Crippen LogP contribution in [0.1, 0.15) is 28.3 Å². The summed E-state index contributed by atoms with van der Waals surface area (Å²) in [6.07, 6.45) is 2.49. The predicted octanol–water partition coefficient (Wildman–Crippen LogP) is 4.29. The van der Waals surface area contributed by atoms with Crippen LogP contribution in [0.5, 0.6) is 11.5 Å². The zero-order valence-electron chi connectivity index (χ0n) is 15.7. The number of rotatable bonds is 3. The second kappa shape index (κ2) is 6.95. The fraction of sp³-hybridized carbons (Fsp3) is 0.286. The SMILES string of the molecule is Cc1nc(C)c(C)c(N2CCc3ncc(Oc4ccccc4F)cc3C2)n1. The van der Waals surface area contributed by atoms with Crippen LogP contribution in [0.15, 0.2) is 36.5 Å². The van der Waals surface area contributed by atoms with E-state index in [1.807, 2.05) is 19.9 Å². The topological polar surface area (TPSA) is 51.1 Å². The lowest BCUT2D eigenvalue weighted by Crippen LogP contribution is -2.32. The van der Waals surface area contributed by atoms with Crippen molar-refractivity contribution in [2.24, 2.45) is 0 Å². The number of anilines is 1. The van der Waals surface area contributed by atoms with Gasteiger partial charge < -0.3 is 9.64 Å². The van der Waals surface area contributed by atoms with Crippen molar-refractivity contribution in [3.05, 3.63) is 70.7 Å². The minimum Gasteiger partial charge on any atom is -0.453 e. The van der Waals surface area contributed by atoms with Crippen molar-refractivity contribution in [2.45, 2.75) is 33.7 Å². The molecule has 4 rings (SSSR count). The first-order chi connectivity index (χ1) is 13.0. The number of aryl methyl sites for hydroxylation is 2. The molecule has 27 heavy (non-hydrogen) atoms. The lowest BCUT2D eigenvalue weighted by molar-refractivity contribution is 0.439. The van der Waals surface area contributed by atoms with E-state index in [1.165, 1.54) is 6.07 Å². The Labute approximate surface area is 157 Å². The molecule has 1 aromatic carbocycles. The minimum atomic E-state index is -0.389. The van der Waals surface area contributed by atoms with Gasteiger partial charge in [0.1, 0.15) is 17.4 Å². The standard InChI is InChI=1S/C21H21FN4O/c1-13-14(2)24-15(3)25-21(13)26-9-8-19-16(12-26)10-17(11-23-19)27-20-7-5-4-6-18(20)22/h4-7,10-11H,8-9,12H2,1-3H3. The molecule has 0 fully saturated rings. The molecule has 3 aromatic rings. The molecule has 0 unspecified atom stereocenters. The number of fused-ring (bicyclic) bond motifs is 1. The summed E-state index contributed by atoms with van der Waals surface area (Å²) in [5.41, 5.74) is 4.21. The number of nitrogens with zero attached hydrogens (tertiary/aromatic N) is 4. The van der Waals surface area contributed by atoms with Gasteiger partial charge in [-0.15, -0.1) is 0 Å². The molecule has 0 amide bonds. The van der Waals surface area contributed by atoms with Crippen molar-refractivity contribution in [1.29, 1.82) is 0 Å². The van der Waals surface area contributed by atoms with Crippen LogP contribution in [0.2, 0.25) is 0 Å². The van der Waals surface area contributed by atoms with Crippen molar-refractivity contribution >= 4 is 5.82 Å². The number of ether oxygens (including phenoxy) is 1. The lowest BCUT2D eigenvalue weighted by atomic mass is 10.0. The van der Waals surface area contributed by atoms with E-state index < -0.39 is 0 Å². The van der Waals surface area contributed by atoms with E-state index in [0.29, 0.717) is 12.3 Å². The van der Waals surface area contributed by atoms with Gasteiger partial charge in [0.25, 0.3) is 0 Å². The first kappa shape index (κ1) is 17.4. The van der Waals surface area contributed by atoms with Crippen LogP contribution in [-0.4, -0.2) is 21.5 Å². The molecule has 0 aliphatic carbocycles. The van der Waals surface area contributed by atoms with Crippen LogP contribution in [-0.2, 0) is 13.0 Å². The third kappa shape index (κ3) is 3.47. The molecule has 1 aliphatic rings. The second-order valence-electron chi connectivity index (χ2n) is 6.79. The summed E-state index contributed by atoms with van der Waals surface area (Å²) in [5.74, 6) is 2.08. The van der Waals surface area contributed by atoms with Crippen LogP contribution in [0.3, 0.4) is 0 Å². The van der Waals surface area contributed by atoms with Crippen molar-refractivity contribution in [1.82, 2.24) is 15.0 Å². The van der Waals surface area contributed by atoms with E-state index >= 15 is 0 Å². The molecule has 6 heteroatoms. The molecule has 3 heterocycles. The Bertz CT molecular complexity index is 1010. The highest BCUT2D eigenvalue weighted by atomic mass is 19.1. The van der Waals surface area contributed by atoms with Gasteiger partial charge in [-0.2, -0.15) is 0 Å². The zero-order chi connectivity index (χ0) is 19.0. The van der Waals surface area contributed by atoms with E-state index in [2.05, 4.69) is 26.8 Å². The van der Waals surface area contributed by atoms with Gasteiger partial charge in [0.15, 0.2) is 11.6 Å². The molecule has 0 saturated carbocycles. The fourth-order valence-electron chi connectivity index (χ4n) is 3.35. The van der Waals surface area contributed by atoms with Gasteiger partial charge in [0.2, 0.25) is 0 Å². The highest BCUT2D eigenvalue weighted by molar-refractivity contribution is 5.51. The highest BCUT2D eigenvalue weighted by Crippen LogP contribution is 2.30. The molecule has 5 nitrogen and oxygen atoms in total. The Morgan fingerprint density at radius 1 is 1.11 bits per heavy atom. The summed E-state index contributed by atoms with van der Waals surface area (Å²) >= 11 is 0. The molecule has 2 aromatic heterocycles. The molecule has 0 bridgehead atoms. The molecule has 0 spiro atoms. The number of para-hydroxylation sites is 1.